The van der Waals surface area contributed by atoms with Gasteiger partial charge >= 0.3 is 12.6 Å². The highest BCUT2D eigenvalue weighted by molar-refractivity contribution is 5.89. The highest BCUT2D eigenvalue weighted by Crippen LogP contribution is 2.47. The molecule has 1 aliphatic rings. The first-order valence-corrected chi connectivity index (χ1v) is 8.26. The van der Waals surface area contributed by atoms with Crippen molar-refractivity contribution in [3.63, 3.8) is 0 Å². The van der Waals surface area contributed by atoms with E-state index in [0.29, 0.717) is 12.2 Å². The molecule has 2 N–H and O–H groups in total. The number of halogens is 2. The SMILES string of the molecule is COc1ccc(NC(=O)NCC2(c3ccccc3)CC2)cc1OC(F)F. The Bertz CT molecular complexity index is 765. The number of amides is 2. The zero-order chi connectivity index (χ0) is 18.6. The molecule has 1 saturated carbocycles. The van der Waals surface area contributed by atoms with Crippen LogP contribution in [-0.2, 0) is 5.41 Å². The molecule has 0 atom stereocenters. The van der Waals surface area contributed by atoms with E-state index < -0.39 is 12.6 Å². The first-order chi connectivity index (χ1) is 12.5. The van der Waals surface area contributed by atoms with Gasteiger partial charge in [-0.2, -0.15) is 8.78 Å². The van der Waals surface area contributed by atoms with Crippen LogP contribution < -0.4 is 20.1 Å². The average molecular weight is 362 g/mol. The maximum atomic E-state index is 12.5. The minimum Gasteiger partial charge on any atom is -0.493 e. The lowest BCUT2D eigenvalue weighted by Gasteiger charge is -2.17. The van der Waals surface area contributed by atoms with E-state index in [2.05, 4.69) is 27.5 Å². The first kappa shape index (κ1) is 18.0. The van der Waals surface area contributed by atoms with Crippen LogP contribution in [0.15, 0.2) is 48.5 Å². The van der Waals surface area contributed by atoms with E-state index in [1.165, 1.54) is 24.8 Å². The van der Waals surface area contributed by atoms with Gasteiger partial charge in [0.1, 0.15) is 0 Å². The molecule has 2 aromatic carbocycles. The summed E-state index contributed by atoms with van der Waals surface area (Å²) in [4.78, 5) is 12.2. The second-order valence-electron chi connectivity index (χ2n) is 6.20. The molecule has 1 aliphatic carbocycles. The van der Waals surface area contributed by atoms with E-state index in [1.54, 1.807) is 6.07 Å². The quantitative estimate of drug-likeness (QED) is 0.778. The van der Waals surface area contributed by atoms with E-state index in [9.17, 15) is 13.6 Å². The molecule has 138 valence electrons. The highest BCUT2D eigenvalue weighted by atomic mass is 19.3. The molecule has 0 aromatic heterocycles. The number of nitrogens with one attached hydrogen (secondary N) is 2. The van der Waals surface area contributed by atoms with Crippen LogP contribution in [0.2, 0.25) is 0 Å². The van der Waals surface area contributed by atoms with E-state index in [-0.39, 0.29) is 16.9 Å². The Kier molecular flexibility index (Phi) is 5.25. The molecule has 2 aromatic rings. The maximum absolute atomic E-state index is 12.5. The van der Waals surface area contributed by atoms with Gasteiger partial charge in [-0.1, -0.05) is 30.3 Å². The Balaban J connectivity index is 1.60. The standard InChI is InChI=1S/C19H20F2N2O3/c1-25-15-8-7-14(11-16(15)26-17(20)21)23-18(24)22-12-19(9-10-19)13-5-3-2-4-6-13/h2-8,11,17H,9-10,12H2,1H3,(H2,22,23,24). The third-order valence-electron chi connectivity index (χ3n) is 4.46. The van der Waals surface area contributed by atoms with Gasteiger partial charge < -0.3 is 20.1 Å². The second-order valence-corrected chi connectivity index (χ2v) is 6.20. The summed E-state index contributed by atoms with van der Waals surface area (Å²) in [5, 5.41) is 5.48. The van der Waals surface area contributed by atoms with Gasteiger partial charge in [0.25, 0.3) is 0 Å². The van der Waals surface area contributed by atoms with Gasteiger partial charge in [-0.05, 0) is 30.5 Å². The topological polar surface area (TPSA) is 59.6 Å². The molecule has 0 spiro atoms. The molecule has 3 rings (SSSR count). The Morgan fingerprint density at radius 3 is 2.50 bits per heavy atom. The van der Waals surface area contributed by atoms with Crippen LogP contribution in [0.5, 0.6) is 11.5 Å². The lowest BCUT2D eigenvalue weighted by atomic mass is 9.96. The van der Waals surface area contributed by atoms with Gasteiger partial charge in [0.15, 0.2) is 11.5 Å². The van der Waals surface area contributed by atoms with Gasteiger partial charge in [0, 0.05) is 23.7 Å². The van der Waals surface area contributed by atoms with Crippen molar-refractivity contribution in [3.05, 3.63) is 54.1 Å². The first-order valence-electron chi connectivity index (χ1n) is 8.26. The number of ether oxygens (including phenoxy) is 2. The zero-order valence-corrected chi connectivity index (χ0v) is 14.3. The van der Waals surface area contributed by atoms with Crippen LogP contribution in [0.1, 0.15) is 18.4 Å². The monoisotopic (exact) mass is 362 g/mol. The number of methoxy groups -OCH3 is 1. The Morgan fingerprint density at radius 2 is 1.88 bits per heavy atom. The summed E-state index contributed by atoms with van der Waals surface area (Å²) < 4.78 is 34.3. The van der Waals surface area contributed by atoms with Gasteiger partial charge in [-0.15, -0.1) is 0 Å². The summed E-state index contributed by atoms with van der Waals surface area (Å²) in [6.07, 6.45) is 2.04. The second kappa shape index (κ2) is 7.59. The number of urea groups is 1. The molecular weight excluding hydrogens is 342 g/mol. The summed E-state index contributed by atoms with van der Waals surface area (Å²) in [6.45, 7) is -2.46. The van der Waals surface area contributed by atoms with Crippen LogP contribution in [0.4, 0.5) is 19.3 Å². The van der Waals surface area contributed by atoms with E-state index >= 15 is 0 Å². The van der Waals surface area contributed by atoms with Gasteiger partial charge in [-0.3, -0.25) is 0 Å². The number of rotatable bonds is 7. The lowest BCUT2D eigenvalue weighted by molar-refractivity contribution is -0.0511. The predicted octanol–water partition coefficient (Wildman–Crippen LogP) is 4.15. The molecule has 1 fully saturated rings. The number of hydrogen-bond donors (Lipinski definition) is 2. The molecule has 2 amide bonds. The van der Waals surface area contributed by atoms with E-state index in [4.69, 9.17) is 4.74 Å². The van der Waals surface area contributed by atoms with Crippen molar-refractivity contribution in [3.8, 4) is 11.5 Å². The van der Waals surface area contributed by atoms with Gasteiger partial charge in [0.05, 0.1) is 7.11 Å². The average Bonchev–Trinajstić information content (AvgIpc) is 3.42. The Labute approximate surface area is 150 Å². The van der Waals surface area contributed by atoms with E-state index in [1.807, 2.05) is 18.2 Å². The fraction of sp³-hybridized carbons (Fsp3) is 0.316. The number of carbonyl (C=O) groups excluding carboxylic acids is 1. The smallest absolute Gasteiger partial charge is 0.387 e. The molecule has 0 bridgehead atoms. The molecule has 0 saturated heterocycles. The molecule has 0 aliphatic heterocycles. The Hall–Kier alpha value is -2.83. The third kappa shape index (κ3) is 4.22. The van der Waals surface area contributed by atoms with Gasteiger partial charge in [-0.25, -0.2) is 4.79 Å². The summed E-state index contributed by atoms with van der Waals surface area (Å²) in [7, 11) is 1.35. The van der Waals surface area contributed by atoms with Crippen molar-refractivity contribution in [1.29, 1.82) is 0 Å². The number of alkyl halides is 2. The zero-order valence-electron chi connectivity index (χ0n) is 14.3. The van der Waals surface area contributed by atoms with Crippen LogP contribution in [-0.4, -0.2) is 26.3 Å². The molecule has 0 heterocycles. The largest absolute Gasteiger partial charge is 0.493 e. The van der Waals surface area contributed by atoms with Crippen molar-refractivity contribution in [2.24, 2.45) is 0 Å². The van der Waals surface area contributed by atoms with Crippen LogP contribution in [0, 0.1) is 0 Å². The summed E-state index contributed by atoms with van der Waals surface area (Å²) in [5.41, 5.74) is 1.53. The van der Waals surface area contributed by atoms with Crippen molar-refractivity contribution < 1.29 is 23.0 Å². The minimum absolute atomic E-state index is 0.0115. The normalized spacial score (nSPS) is 14.6. The molecule has 7 heteroatoms. The van der Waals surface area contributed by atoms with Crippen molar-refractivity contribution >= 4 is 11.7 Å². The lowest BCUT2D eigenvalue weighted by Crippen LogP contribution is -2.35. The van der Waals surface area contributed by atoms with Crippen molar-refractivity contribution in [2.75, 3.05) is 19.0 Å². The summed E-state index contributed by atoms with van der Waals surface area (Å²) in [6, 6.07) is 14.0. The van der Waals surface area contributed by atoms with Crippen molar-refractivity contribution in [1.82, 2.24) is 5.32 Å². The highest BCUT2D eigenvalue weighted by Gasteiger charge is 2.44. The fourth-order valence-electron chi connectivity index (χ4n) is 2.88. The number of anilines is 1. The summed E-state index contributed by atoms with van der Waals surface area (Å²) in [5.74, 6) is 0.0283. The summed E-state index contributed by atoms with van der Waals surface area (Å²) >= 11 is 0. The van der Waals surface area contributed by atoms with Gasteiger partial charge in [0.2, 0.25) is 0 Å². The van der Waals surface area contributed by atoms with E-state index in [0.717, 1.165) is 12.8 Å². The number of carbonyl (C=O) groups is 1. The fourth-order valence-corrected chi connectivity index (χ4v) is 2.88. The molecule has 5 nitrogen and oxygen atoms in total. The Morgan fingerprint density at radius 1 is 1.15 bits per heavy atom. The number of hydrogen-bond acceptors (Lipinski definition) is 3. The molecule has 0 unspecified atom stereocenters. The van der Waals surface area contributed by atoms with Crippen molar-refractivity contribution in [2.45, 2.75) is 24.9 Å². The number of benzene rings is 2. The third-order valence-corrected chi connectivity index (χ3v) is 4.46. The van der Waals surface area contributed by atoms with Crippen LogP contribution in [0.3, 0.4) is 0 Å². The van der Waals surface area contributed by atoms with Crippen LogP contribution in [0.25, 0.3) is 0 Å². The molecule has 26 heavy (non-hydrogen) atoms. The minimum atomic E-state index is -2.98. The predicted molar refractivity (Wildman–Crippen MR) is 94.0 cm³/mol. The molecular formula is C19H20F2N2O3. The maximum Gasteiger partial charge on any atom is 0.387 e. The molecule has 0 radical (unpaired) electrons. The van der Waals surface area contributed by atoms with Crippen LogP contribution >= 0.6 is 0 Å².